The van der Waals surface area contributed by atoms with E-state index in [1.54, 1.807) is 7.11 Å². The molecule has 4 nitrogen and oxygen atoms in total. The summed E-state index contributed by atoms with van der Waals surface area (Å²) in [7, 11) is 1.68. The summed E-state index contributed by atoms with van der Waals surface area (Å²) < 4.78 is 10.6. The highest BCUT2D eigenvalue weighted by atomic mass is 32.2. The Balaban J connectivity index is 1.64. The molecule has 0 spiro atoms. The van der Waals surface area contributed by atoms with Crippen LogP contribution in [0.25, 0.3) is 0 Å². The standard InChI is InChI=1S/C19H24N2O2S2/c1-3-23-17-7-4-6-15(14-17)21-19(24)20-12-5-13-25-18-10-8-16(22-2)9-11-18/h4,6-11,14H,3,5,12-13H2,1-2H3,(H2,20,21,24). The first-order valence-electron chi connectivity index (χ1n) is 8.26. The van der Waals surface area contributed by atoms with E-state index in [1.165, 1.54) is 4.90 Å². The third-order valence-corrected chi connectivity index (χ3v) is 4.68. The molecule has 0 amide bonds. The number of thioether (sulfide) groups is 1. The molecule has 2 aromatic carbocycles. The molecule has 0 unspecified atom stereocenters. The summed E-state index contributed by atoms with van der Waals surface area (Å²) in [6.07, 6.45) is 1.03. The van der Waals surface area contributed by atoms with E-state index in [1.807, 2.05) is 55.1 Å². The molecule has 0 aliphatic heterocycles. The van der Waals surface area contributed by atoms with Crippen molar-refractivity contribution in [3.05, 3.63) is 48.5 Å². The summed E-state index contributed by atoms with van der Waals surface area (Å²) in [5, 5.41) is 7.04. The maximum Gasteiger partial charge on any atom is 0.170 e. The van der Waals surface area contributed by atoms with Gasteiger partial charge in [-0.2, -0.15) is 0 Å². The van der Waals surface area contributed by atoms with Crippen molar-refractivity contribution in [1.82, 2.24) is 5.32 Å². The zero-order valence-electron chi connectivity index (χ0n) is 14.6. The van der Waals surface area contributed by atoms with E-state index in [0.717, 1.165) is 35.9 Å². The first-order chi connectivity index (χ1) is 12.2. The quantitative estimate of drug-likeness (QED) is 0.380. The molecule has 0 radical (unpaired) electrons. The van der Waals surface area contributed by atoms with E-state index >= 15 is 0 Å². The molecule has 134 valence electrons. The lowest BCUT2D eigenvalue weighted by atomic mass is 10.3. The first kappa shape index (κ1) is 19.4. The number of thiocarbonyl (C=S) groups is 1. The van der Waals surface area contributed by atoms with E-state index in [-0.39, 0.29) is 0 Å². The fourth-order valence-corrected chi connectivity index (χ4v) is 3.21. The number of benzene rings is 2. The summed E-state index contributed by atoms with van der Waals surface area (Å²) >= 11 is 7.16. The zero-order valence-corrected chi connectivity index (χ0v) is 16.2. The second kappa shape index (κ2) is 10.8. The normalized spacial score (nSPS) is 10.2. The molecule has 0 saturated heterocycles. The number of methoxy groups -OCH3 is 1. The van der Waals surface area contributed by atoms with E-state index in [9.17, 15) is 0 Å². The Kier molecular flexibility index (Phi) is 8.42. The topological polar surface area (TPSA) is 42.5 Å². The lowest BCUT2D eigenvalue weighted by Crippen LogP contribution is -2.29. The summed E-state index contributed by atoms with van der Waals surface area (Å²) in [5.41, 5.74) is 0.927. The van der Waals surface area contributed by atoms with E-state index in [0.29, 0.717) is 11.7 Å². The van der Waals surface area contributed by atoms with E-state index in [2.05, 4.69) is 22.8 Å². The Bertz CT molecular complexity index is 663. The van der Waals surface area contributed by atoms with Crippen LogP contribution in [0.15, 0.2) is 53.4 Å². The Morgan fingerprint density at radius 3 is 2.64 bits per heavy atom. The largest absolute Gasteiger partial charge is 0.497 e. The van der Waals surface area contributed by atoms with Crippen LogP contribution in [-0.4, -0.2) is 31.1 Å². The number of anilines is 1. The van der Waals surface area contributed by atoms with Crippen molar-refractivity contribution in [3.8, 4) is 11.5 Å². The average Bonchev–Trinajstić information content (AvgIpc) is 2.62. The zero-order chi connectivity index (χ0) is 17.9. The molecule has 2 rings (SSSR count). The van der Waals surface area contributed by atoms with Crippen molar-refractivity contribution >= 4 is 34.8 Å². The third-order valence-electron chi connectivity index (χ3n) is 3.34. The molecule has 0 fully saturated rings. The molecule has 0 heterocycles. The van der Waals surface area contributed by atoms with Gasteiger partial charge in [0.05, 0.1) is 13.7 Å². The molecule has 25 heavy (non-hydrogen) atoms. The lowest BCUT2D eigenvalue weighted by Gasteiger charge is -2.11. The third kappa shape index (κ3) is 7.23. The van der Waals surface area contributed by atoms with Gasteiger partial charge >= 0.3 is 0 Å². The smallest absolute Gasteiger partial charge is 0.170 e. The Labute approximate surface area is 159 Å². The monoisotopic (exact) mass is 376 g/mol. The summed E-state index contributed by atoms with van der Waals surface area (Å²) in [4.78, 5) is 1.24. The Morgan fingerprint density at radius 2 is 1.92 bits per heavy atom. The van der Waals surface area contributed by atoms with Crippen molar-refractivity contribution in [3.63, 3.8) is 0 Å². The van der Waals surface area contributed by atoms with Crippen molar-refractivity contribution in [1.29, 1.82) is 0 Å². The summed E-state index contributed by atoms with van der Waals surface area (Å²) in [6.45, 7) is 3.45. The number of nitrogens with one attached hydrogen (secondary N) is 2. The van der Waals surface area contributed by atoms with Crippen LogP contribution in [0.5, 0.6) is 11.5 Å². The number of hydrogen-bond donors (Lipinski definition) is 2. The van der Waals surface area contributed by atoms with Crippen LogP contribution in [0, 0.1) is 0 Å². The highest BCUT2D eigenvalue weighted by Crippen LogP contribution is 2.21. The van der Waals surface area contributed by atoms with Gasteiger partial charge in [0.1, 0.15) is 11.5 Å². The molecule has 0 bridgehead atoms. The minimum atomic E-state index is 0.628. The van der Waals surface area contributed by atoms with E-state index < -0.39 is 0 Å². The summed E-state index contributed by atoms with van der Waals surface area (Å²) in [6, 6.07) is 15.9. The highest BCUT2D eigenvalue weighted by Gasteiger charge is 2.00. The fraction of sp³-hybridized carbons (Fsp3) is 0.316. The number of rotatable bonds is 9. The lowest BCUT2D eigenvalue weighted by molar-refractivity contribution is 0.340. The van der Waals surface area contributed by atoms with E-state index in [4.69, 9.17) is 21.7 Å². The van der Waals surface area contributed by atoms with Gasteiger partial charge in [-0.15, -0.1) is 11.8 Å². The highest BCUT2D eigenvalue weighted by molar-refractivity contribution is 7.99. The van der Waals surface area contributed by atoms with Gasteiger partial charge in [-0.3, -0.25) is 0 Å². The average molecular weight is 377 g/mol. The van der Waals surface area contributed by atoms with Crippen molar-refractivity contribution < 1.29 is 9.47 Å². The van der Waals surface area contributed by atoms with Crippen LogP contribution < -0.4 is 20.1 Å². The molecule has 2 aromatic rings. The minimum Gasteiger partial charge on any atom is -0.497 e. The van der Waals surface area contributed by atoms with Crippen LogP contribution in [0.3, 0.4) is 0 Å². The van der Waals surface area contributed by atoms with Gasteiger partial charge in [-0.1, -0.05) is 6.07 Å². The van der Waals surface area contributed by atoms with Crippen molar-refractivity contribution in [2.45, 2.75) is 18.2 Å². The predicted molar refractivity (Wildman–Crippen MR) is 110 cm³/mol. The minimum absolute atomic E-state index is 0.628. The maximum absolute atomic E-state index is 5.48. The van der Waals surface area contributed by atoms with Gasteiger partial charge in [0.25, 0.3) is 0 Å². The molecule has 0 atom stereocenters. The Morgan fingerprint density at radius 1 is 1.12 bits per heavy atom. The van der Waals surface area contributed by atoms with Crippen LogP contribution in [0.4, 0.5) is 5.69 Å². The van der Waals surface area contributed by atoms with Crippen LogP contribution in [0.1, 0.15) is 13.3 Å². The van der Waals surface area contributed by atoms with Crippen LogP contribution >= 0.6 is 24.0 Å². The van der Waals surface area contributed by atoms with Gasteiger partial charge < -0.3 is 20.1 Å². The summed E-state index contributed by atoms with van der Waals surface area (Å²) in [5.74, 6) is 2.75. The molecule has 0 aromatic heterocycles. The second-order valence-electron chi connectivity index (χ2n) is 5.22. The fourth-order valence-electron chi connectivity index (χ4n) is 2.14. The molecule has 0 saturated carbocycles. The number of hydrogen-bond acceptors (Lipinski definition) is 4. The maximum atomic E-state index is 5.48. The van der Waals surface area contributed by atoms with Crippen LogP contribution in [-0.2, 0) is 0 Å². The molecular weight excluding hydrogens is 352 g/mol. The van der Waals surface area contributed by atoms with Crippen molar-refractivity contribution in [2.24, 2.45) is 0 Å². The van der Waals surface area contributed by atoms with Gasteiger partial charge in [-0.05, 0) is 67.7 Å². The first-order valence-corrected chi connectivity index (χ1v) is 9.65. The predicted octanol–water partition coefficient (Wildman–Crippen LogP) is 4.56. The molecule has 6 heteroatoms. The number of ether oxygens (including phenoxy) is 2. The molecule has 0 aliphatic carbocycles. The van der Waals surface area contributed by atoms with Crippen LogP contribution in [0.2, 0.25) is 0 Å². The van der Waals surface area contributed by atoms with Gasteiger partial charge in [0.2, 0.25) is 0 Å². The van der Waals surface area contributed by atoms with Crippen molar-refractivity contribution in [2.75, 3.05) is 31.3 Å². The molecular formula is C19H24N2O2S2. The SMILES string of the molecule is CCOc1cccc(NC(=S)NCCCSc2ccc(OC)cc2)c1. The molecule has 2 N–H and O–H groups in total. The molecule has 0 aliphatic rings. The van der Waals surface area contributed by atoms with Gasteiger partial charge in [0.15, 0.2) is 5.11 Å². The second-order valence-corrected chi connectivity index (χ2v) is 6.80. The van der Waals surface area contributed by atoms with Gasteiger partial charge in [0, 0.05) is 23.2 Å². The Hall–Kier alpha value is -1.92. The van der Waals surface area contributed by atoms with Gasteiger partial charge in [-0.25, -0.2) is 0 Å².